The van der Waals surface area contributed by atoms with Crippen molar-refractivity contribution >= 4 is 5.91 Å². The van der Waals surface area contributed by atoms with Crippen LogP contribution in [0.2, 0.25) is 0 Å². The molecule has 0 saturated carbocycles. The molecule has 150 valence electrons. The number of fused-ring (bicyclic) bond motifs is 1. The lowest BCUT2D eigenvalue weighted by Gasteiger charge is -2.33. The van der Waals surface area contributed by atoms with Crippen LogP contribution in [0.25, 0.3) is 5.95 Å². The number of carbonyl (C=O) groups is 1. The van der Waals surface area contributed by atoms with Gasteiger partial charge in [-0.1, -0.05) is 0 Å². The van der Waals surface area contributed by atoms with Crippen molar-refractivity contribution in [3.63, 3.8) is 0 Å². The SMILES string of the molecule is C[C@H]1Cc2c(ncn2-c2ncccn2)CN1C(=O)c1ccnc(C(F)(F)F)c1F. The molecule has 3 aromatic rings. The van der Waals surface area contributed by atoms with Gasteiger partial charge in [-0.3, -0.25) is 9.36 Å². The van der Waals surface area contributed by atoms with Crippen molar-refractivity contribution in [3.05, 3.63) is 65.5 Å². The number of imidazole rings is 1. The van der Waals surface area contributed by atoms with E-state index in [1.54, 1.807) is 30.0 Å². The van der Waals surface area contributed by atoms with E-state index in [9.17, 15) is 22.4 Å². The summed E-state index contributed by atoms with van der Waals surface area (Å²) in [6.07, 6.45) is 0.840. The van der Waals surface area contributed by atoms with Crippen molar-refractivity contribution in [2.45, 2.75) is 32.1 Å². The summed E-state index contributed by atoms with van der Waals surface area (Å²) in [5.41, 5.74) is -1.04. The van der Waals surface area contributed by atoms with Crippen molar-refractivity contribution in [2.75, 3.05) is 0 Å². The Labute approximate surface area is 162 Å². The van der Waals surface area contributed by atoms with Gasteiger partial charge in [-0.25, -0.2) is 24.3 Å². The summed E-state index contributed by atoms with van der Waals surface area (Å²) in [6, 6.07) is 2.22. The monoisotopic (exact) mass is 406 g/mol. The van der Waals surface area contributed by atoms with Crippen molar-refractivity contribution in [1.82, 2.24) is 29.4 Å². The normalized spacial score (nSPS) is 16.6. The van der Waals surface area contributed by atoms with Gasteiger partial charge in [-0.15, -0.1) is 0 Å². The van der Waals surface area contributed by atoms with Gasteiger partial charge in [0.25, 0.3) is 5.91 Å². The molecule has 7 nitrogen and oxygen atoms in total. The Morgan fingerprint density at radius 2 is 1.86 bits per heavy atom. The molecule has 0 bridgehead atoms. The Hall–Kier alpha value is -3.37. The lowest BCUT2D eigenvalue weighted by atomic mass is 10.0. The number of amides is 1. The molecule has 0 spiro atoms. The van der Waals surface area contributed by atoms with Gasteiger partial charge in [0.15, 0.2) is 11.5 Å². The molecule has 0 radical (unpaired) electrons. The van der Waals surface area contributed by atoms with Crippen molar-refractivity contribution in [1.29, 1.82) is 0 Å². The van der Waals surface area contributed by atoms with Crippen LogP contribution in [0, 0.1) is 5.82 Å². The highest BCUT2D eigenvalue weighted by molar-refractivity contribution is 5.95. The van der Waals surface area contributed by atoms with E-state index in [1.165, 1.54) is 11.2 Å². The molecule has 3 aromatic heterocycles. The molecule has 0 unspecified atom stereocenters. The summed E-state index contributed by atoms with van der Waals surface area (Å²) in [5.74, 6) is -2.10. The topological polar surface area (TPSA) is 76.8 Å². The van der Waals surface area contributed by atoms with Gasteiger partial charge in [-0.05, 0) is 19.1 Å². The van der Waals surface area contributed by atoms with E-state index >= 15 is 0 Å². The second kappa shape index (κ2) is 6.90. The highest BCUT2D eigenvalue weighted by Gasteiger charge is 2.39. The van der Waals surface area contributed by atoms with E-state index < -0.39 is 35.2 Å². The average Bonchev–Trinajstić information content (AvgIpc) is 3.09. The third-order valence-corrected chi connectivity index (χ3v) is 4.71. The summed E-state index contributed by atoms with van der Waals surface area (Å²) in [7, 11) is 0. The van der Waals surface area contributed by atoms with Gasteiger partial charge < -0.3 is 4.90 Å². The van der Waals surface area contributed by atoms with E-state index in [0.717, 1.165) is 18.0 Å². The molecular formula is C18H14F4N6O. The fraction of sp³-hybridized carbons (Fsp3) is 0.278. The summed E-state index contributed by atoms with van der Waals surface area (Å²) < 4.78 is 54.8. The van der Waals surface area contributed by atoms with Crippen molar-refractivity contribution in [2.24, 2.45) is 0 Å². The zero-order chi connectivity index (χ0) is 20.8. The molecule has 0 saturated heterocycles. The minimum atomic E-state index is -4.99. The Balaban J connectivity index is 1.66. The summed E-state index contributed by atoms with van der Waals surface area (Å²) in [4.78, 5) is 29.8. The first-order valence-electron chi connectivity index (χ1n) is 8.62. The summed E-state index contributed by atoms with van der Waals surface area (Å²) in [6.45, 7) is 1.76. The Morgan fingerprint density at radius 1 is 1.14 bits per heavy atom. The predicted molar refractivity (Wildman–Crippen MR) is 91.4 cm³/mol. The maximum absolute atomic E-state index is 14.4. The third-order valence-electron chi connectivity index (χ3n) is 4.71. The fourth-order valence-corrected chi connectivity index (χ4v) is 3.29. The first-order chi connectivity index (χ1) is 13.8. The number of pyridine rings is 1. The van der Waals surface area contributed by atoms with Crippen molar-refractivity contribution < 1.29 is 22.4 Å². The summed E-state index contributed by atoms with van der Waals surface area (Å²) in [5, 5.41) is 0. The van der Waals surface area contributed by atoms with Crippen LogP contribution in [0.1, 0.15) is 34.4 Å². The first kappa shape index (κ1) is 19.0. The third kappa shape index (κ3) is 3.32. The predicted octanol–water partition coefficient (Wildman–Crippen LogP) is 2.80. The molecule has 4 heterocycles. The number of nitrogens with zero attached hydrogens (tertiary/aromatic N) is 6. The van der Waals surface area contributed by atoms with Crippen LogP contribution in [0.5, 0.6) is 0 Å². The van der Waals surface area contributed by atoms with Gasteiger partial charge in [-0.2, -0.15) is 13.2 Å². The number of hydrogen-bond donors (Lipinski definition) is 0. The molecule has 1 aliphatic rings. The fourth-order valence-electron chi connectivity index (χ4n) is 3.29. The second-order valence-corrected chi connectivity index (χ2v) is 6.56. The highest BCUT2D eigenvalue weighted by atomic mass is 19.4. The molecule has 1 atom stereocenters. The average molecular weight is 406 g/mol. The molecule has 0 aromatic carbocycles. The second-order valence-electron chi connectivity index (χ2n) is 6.56. The number of carbonyl (C=O) groups excluding carboxylic acids is 1. The summed E-state index contributed by atoms with van der Waals surface area (Å²) >= 11 is 0. The zero-order valence-electron chi connectivity index (χ0n) is 15.1. The standard InChI is InChI=1S/C18H14F4N6O/c1-10-7-13-12(26-9-28(13)17-24-4-2-5-25-17)8-27(10)16(29)11-3-6-23-15(14(11)19)18(20,21)22/h2-6,9-10H,7-8H2,1H3/t10-/m0/s1. The van der Waals surface area contributed by atoms with Gasteiger partial charge >= 0.3 is 6.18 Å². The molecule has 0 aliphatic carbocycles. The van der Waals surface area contributed by atoms with E-state index in [4.69, 9.17) is 0 Å². The minimum Gasteiger partial charge on any atom is -0.329 e. The molecule has 11 heteroatoms. The molecule has 0 fully saturated rings. The van der Waals surface area contributed by atoms with Crippen LogP contribution in [0.4, 0.5) is 17.6 Å². The van der Waals surface area contributed by atoms with Gasteiger partial charge in [0.1, 0.15) is 6.33 Å². The van der Waals surface area contributed by atoms with Crippen LogP contribution in [-0.4, -0.2) is 41.4 Å². The highest BCUT2D eigenvalue weighted by Crippen LogP contribution is 2.32. The largest absolute Gasteiger partial charge is 0.436 e. The zero-order valence-corrected chi connectivity index (χ0v) is 15.1. The maximum atomic E-state index is 14.4. The maximum Gasteiger partial charge on any atom is 0.436 e. The first-order valence-corrected chi connectivity index (χ1v) is 8.62. The van der Waals surface area contributed by atoms with Crippen molar-refractivity contribution in [3.8, 4) is 5.95 Å². The molecule has 4 rings (SSSR count). The quantitative estimate of drug-likeness (QED) is 0.612. The number of aromatic nitrogens is 5. The Morgan fingerprint density at radius 3 is 2.55 bits per heavy atom. The number of alkyl halides is 3. The molecular weight excluding hydrogens is 392 g/mol. The van der Waals surface area contributed by atoms with E-state index in [2.05, 4.69) is 19.9 Å². The van der Waals surface area contributed by atoms with Crippen LogP contribution in [0.15, 0.2) is 37.1 Å². The smallest absolute Gasteiger partial charge is 0.329 e. The molecule has 1 aliphatic heterocycles. The molecule has 1 amide bonds. The van der Waals surface area contributed by atoms with Gasteiger partial charge in [0.2, 0.25) is 5.95 Å². The van der Waals surface area contributed by atoms with Gasteiger partial charge in [0, 0.05) is 31.1 Å². The van der Waals surface area contributed by atoms with Crippen LogP contribution < -0.4 is 0 Å². The Kier molecular flexibility index (Phi) is 4.52. The lowest BCUT2D eigenvalue weighted by molar-refractivity contribution is -0.143. The molecule has 29 heavy (non-hydrogen) atoms. The number of hydrogen-bond acceptors (Lipinski definition) is 5. The Bertz CT molecular complexity index is 1070. The van der Waals surface area contributed by atoms with Crippen LogP contribution in [0.3, 0.4) is 0 Å². The number of halogens is 4. The van der Waals surface area contributed by atoms with E-state index in [-0.39, 0.29) is 6.54 Å². The van der Waals surface area contributed by atoms with E-state index in [1.807, 2.05) is 0 Å². The number of rotatable bonds is 2. The lowest BCUT2D eigenvalue weighted by Crippen LogP contribution is -2.43. The van der Waals surface area contributed by atoms with Crippen LogP contribution >= 0.6 is 0 Å². The van der Waals surface area contributed by atoms with Gasteiger partial charge in [0.05, 0.1) is 23.5 Å². The van der Waals surface area contributed by atoms with E-state index in [0.29, 0.717) is 18.1 Å². The molecule has 0 N–H and O–H groups in total. The minimum absolute atomic E-state index is 0.0261. The van der Waals surface area contributed by atoms with Crippen LogP contribution in [-0.2, 0) is 19.1 Å².